The van der Waals surface area contributed by atoms with Crippen molar-refractivity contribution in [3.05, 3.63) is 35.4 Å². The summed E-state index contributed by atoms with van der Waals surface area (Å²) >= 11 is 0. The van der Waals surface area contributed by atoms with Crippen molar-refractivity contribution in [2.75, 3.05) is 13.1 Å². The fourth-order valence-electron chi connectivity index (χ4n) is 2.10. The van der Waals surface area contributed by atoms with Crippen molar-refractivity contribution in [3.63, 3.8) is 0 Å². The van der Waals surface area contributed by atoms with E-state index in [2.05, 4.69) is 5.32 Å². The number of rotatable bonds is 2. The maximum absolute atomic E-state index is 13.4. The monoisotopic (exact) mass is 247 g/mol. The lowest BCUT2D eigenvalue weighted by Crippen LogP contribution is -2.28. The molecule has 0 saturated carbocycles. The van der Waals surface area contributed by atoms with Crippen molar-refractivity contribution in [1.29, 1.82) is 0 Å². The molecule has 1 N–H and O–H groups in total. The van der Waals surface area contributed by atoms with E-state index < -0.39 is 11.6 Å². The fraction of sp³-hybridized carbons (Fsp3) is 0.500. The van der Waals surface area contributed by atoms with Gasteiger partial charge in [0.05, 0.1) is 0 Å². The zero-order chi connectivity index (χ0) is 10.7. The molecule has 0 aromatic heterocycles. The SMILES string of the molecule is Cl.Fc1cccc(CC2CCNCC2)c1F. The molecular formula is C12H16ClF2N. The third-order valence-electron chi connectivity index (χ3n) is 3.00. The highest BCUT2D eigenvalue weighted by molar-refractivity contribution is 5.85. The van der Waals surface area contributed by atoms with Crippen LogP contribution in [0.5, 0.6) is 0 Å². The summed E-state index contributed by atoms with van der Waals surface area (Å²) in [5, 5.41) is 3.26. The second-order valence-corrected chi connectivity index (χ2v) is 4.11. The number of hydrogen-bond donors (Lipinski definition) is 1. The van der Waals surface area contributed by atoms with Crippen LogP contribution in [-0.2, 0) is 6.42 Å². The lowest BCUT2D eigenvalue weighted by molar-refractivity contribution is 0.366. The molecule has 0 aliphatic carbocycles. The molecule has 0 bridgehead atoms. The summed E-state index contributed by atoms with van der Waals surface area (Å²) in [6, 6.07) is 4.43. The molecule has 0 unspecified atom stereocenters. The van der Waals surface area contributed by atoms with Gasteiger partial charge in [0, 0.05) is 0 Å². The van der Waals surface area contributed by atoms with Crippen LogP contribution in [0.3, 0.4) is 0 Å². The molecular weight excluding hydrogens is 232 g/mol. The van der Waals surface area contributed by atoms with E-state index in [0.29, 0.717) is 17.9 Å². The fourth-order valence-corrected chi connectivity index (χ4v) is 2.10. The third kappa shape index (κ3) is 3.16. The topological polar surface area (TPSA) is 12.0 Å². The summed E-state index contributed by atoms with van der Waals surface area (Å²) in [7, 11) is 0. The van der Waals surface area contributed by atoms with E-state index in [1.54, 1.807) is 12.1 Å². The summed E-state index contributed by atoms with van der Waals surface area (Å²) in [5.41, 5.74) is 0.516. The lowest BCUT2D eigenvalue weighted by Gasteiger charge is -2.22. The molecule has 1 heterocycles. The van der Waals surface area contributed by atoms with Gasteiger partial charge in [-0.1, -0.05) is 12.1 Å². The molecule has 1 fully saturated rings. The number of nitrogens with one attached hydrogen (secondary N) is 1. The second kappa shape index (κ2) is 6.16. The molecule has 1 saturated heterocycles. The van der Waals surface area contributed by atoms with Gasteiger partial charge in [0.15, 0.2) is 11.6 Å². The molecule has 0 atom stereocenters. The van der Waals surface area contributed by atoms with Gasteiger partial charge in [-0.05, 0) is 49.9 Å². The first-order valence-electron chi connectivity index (χ1n) is 5.41. The number of piperidine rings is 1. The van der Waals surface area contributed by atoms with Crippen LogP contribution in [-0.4, -0.2) is 13.1 Å². The van der Waals surface area contributed by atoms with Gasteiger partial charge in [0.25, 0.3) is 0 Å². The highest BCUT2D eigenvalue weighted by Gasteiger charge is 2.16. The Hall–Kier alpha value is -0.670. The minimum atomic E-state index is -0.735. The van der Waals surface area contributed by atoms with Gasteiger partial charge in [-0.2, -0.15) is 0 Å². The Kier molecular flexibility index (Phi) is 5.16. The molecule has 0 radical (unpaired) electrons. The molecule has 16 heavy (non-hydrogen) atoms. The van der Waals surface area contributed by atoms with Gasteiger partial charge in [-0.15, -0.1) is 12.4 Å². The average Bonchev–Trinajstić information content (AvgIpc) is 2.26. The number of halogens is 3. The minimum absolute atomic E-state index is 0. The summed E-state index contributed by atoms with van der Waals surface area (Å²) in [6.07, 6.45) is 2.76. The molecule has 1 aliphatic heterocycles. The zero-order valence-electron chi connectivity index (χ0n) is 9.01. The average molecular weight is 248 g/mol. The van der Waals surface area contributed by atoms with E-state index in [0.717, 1.165) is 25.9 Å². The Balaban J connectivity index is 0.00000128. The van der Waals surface area contributed by atoms with Gasteiger partial charge in [0.1, 0.15) is 0 Å². The molecule has 0 spiro atoms. The molecule has 1 aromatic rings. The first kappa shape index (κ1) is 13.4. The van der Waals surface area contributed by atoms with Crippen molar-refractivity contribution in [1.82, 2.24) is 5.32 Å². The van der Waals surface area contributed by atoms with Crippen molar-refractivity contribution < 1.29 is 8.78 Å². The molecule has 0 amide bonds. The molecule has 1 aliphatic rings. The van der Waals surface area contributed by atoms with Crippen LogP contribution in [0.25, 0.3) is 0 Å². The molecule has 1 aromatic carbocycles. The molecule has 90 valence electrons. The molecule has 2 rings (SSSR count). The maximum Gasteiger partial charge on any atom is 0.162 e. The summed E-state index contributed by atoms with van der Waals surface area (Å²) < 4.78 is 26.3. The number of hydrogen-bond acceptors (Lipinski definition) is 1. The predicted molar refractivity (Wildman–Crippen MR) is 62.9 cm³/mol. The smallest absolute Gasteiger partial charge is 0.162 e. The van der Waals surface area contributed by atoms with E-state index in [-0.39, 0.29) is 12.4 Å². The van der Waals surface area contributed by atoms with Crippen molar-refractivity contribution in [3.8, 4) is 0 Å². The van der Waals surface area contributed by atoms with Gasteiger partial charge < -0.3 is 5.32 Å². The normalized spacial score (nSPS) is 16.9. The highest BCUT2D eigenvalue weighted by Crippen LogP contribution is 2.20. The minimum Gasteiger partial charge on any atom is -0.317 e. The van der Waals surface area contributed by atoms with E-state index >= 15 is 0 Å². The third-order valence-corrected chi connectivity index (χ3v) is 3.00. The van der Waals surface area contributed by atoms with Crippen molar-refractivity contribution in [2.45, 2.75) is 19.3 Å². The van der Waals surface area contributed by atoms with Crippen molar-refractivity contribution in [2.24, 2.45) is 5.92 Å². The van der Waals surface area contributed by atoms with Gasteiger partial charge in [0.2, 0.25) is 0 Å². The first-order chi connectivity index (χ1) is 7.27. The van der Waals surface area contributed by atoms with E-state index in [9.17, 15) is 8.78 Å². The van der Waals surface area contributed by atoms with Gasteiger partial charge in [-0.3, -0.25) is 0 Å². The van der Waals surface area contributed by atoms with E-state index in [4.69, 9.17) is 0 Å². The van der Waals surface area contributed by atoms with Gasteiger partial charge in [-0.25, -0.2) is 8.78 Å². The van der Waals surface area contributed by atoms with Crippen LogP contribution in [0.1, 0.15) is 18.4 Å². The zero-order valence-corrected chi connectivity index (χ0v) is 9.83. The summed E-state index contributed by atoms with van der Waals surface area (Å²) in [6.45, 7) is 1.98. The predicted octanol–water partition coefficient (Wildman–Crippen LogP) is 2.93. The maximum atomic E-state index is 13.4. The lowest BCUT2D eigenvalue weighted by atomic mass is 9.91. The van der Waals surface area contributed by atoms with Crippen LogP contribution < -0.4 is 5.32 Å². The molecule has 4 heteroatoms. The summed E-state index contributed by atoms with van der Waals surface area (Å²) in [5.74, 6) is -0.917. The summed E-state index contributed by atoms with van der Waals surface area (Å²) in [4.78, 5) is 0. The van der Waals surface area contributed by atoms with Crippen molar-refractivity contribution >= 4 is 12.4 Å². The highest BCUT2D eigenvalue weighted by atomic mass is 35.5. The van der Waals surface area contributed by atoms with E-state index in [1.165, 1.54) is 6.07 Å². The van der Waals surface area contributed by atoms with Crippen LogP contribution in [0.4, 0.5) is 8.78 Å². The Morgan fingerprint density at radius 1 is 1.19 bits per heavy atom. The molecule has 1 nitrogen and oxygen atoms in total. The largest absolute Gasteiger partial charge is 0.317 e. The first-order valence-corrected chi connectivity index (χ1v) is 5.41. The van der Waals surface area contributed by atoms with Crippen LogP contribution in [0.2, 0.25) is 0 Å². The quantitative estimate of drug-likeness (QED) is 0.847. The number of benzene rings is 1. The Morgan fingerprint density at radius 2 is 1.88 bits per heavy atom. The van der Waals surface area contributed by atoms with Gasteiger partial charge >= 0.3 is 0 Å². The van der Waals surface area contributed by atoms with Crippen LogP contribution >= 0.6 is 12.4 Å². The standard InChI is InChI=1S/C12H15F2N.ClH/c13-11-3-1-2-10(12(11)14)8-9-4-6-15-7-5-9;/h1-3,9,15H,4-8H2;1H. The van der Waals surface area contributed by atoms with Crippen LogP contribution in [0, 0.1) is 17.6 Å². The van der Waals surface area contributed by atoms with Crippen LogP contribution in [0.15, 0.2) is 18.2 Å². The Labute approximate surface area is 101 Å². The Morgan fingerprint density at radius 3 is 2.56 bits per heavy atom. The second-order valence-electron chi connectivity index (χ2n) is 4.11. The Bertz CT molecular complexity index is 338. The van der Waals surface area contributed by atoms with E-state index in [1.807, 2.05) is 0 Å².